The van der Waals surface area contributed by atoms with Crippen LogP contribution in [-0.2, 0) is 19.2 Å². The molecule has 0 radical (unpaired) electrons. The minimum absolute atomic E-state index is 0.0652. The SMILES string of the molecule is C[C@H]1CC[C@@H]2[C@@H](OC(=O)C23C[C@@H](c2c(F)cccc2F)N(c2ccccc2)O3)[C@]2(C)C(=O)C=C[C@@]12O. The summed E-state index contributed by atoms with van der Waals surface area (Å²) in [5, 5.41) is 13.0. The Morgan fingerprint density at radius 3 is 2.42 bits per heavy atom. The van der Waals surface area contributed by atoms with Crippen molar-refractivity contribution >= 4 is 17.4 Å². The molecule has 1 saturated carbocycles. The molecule has 2 saturated heterocycles. The Kier molecular flexibility index (Phi) is 4.98. The monoisotopic (exact) mass is 495 g/mol. The van der Waals surface area contributed by atoms with Gasteiger partial charge in [-0.3, -0.25) is 9.63 Å². The predicted octanol–water partition coefficient (Wildman–Crippen LogP) is 4.43. The molecule has 6 nitrogen and oxygen atoms in total. The maximum absolute atomic E-state index is 15.0. The van der Waals surface area contributed by atoms with Crippen molar-refractivity contribution in [3.63, 3.8) is 0 Å². The Morgan fingerprint density at radius 2 is 1.72 bits per heavy atom. The van der Waals surface area contributed by atoms with E-state index in [1.807, 2.05) is 6.92 Å². The van der Waals surface area contributed by atoms with Gasteiger partial charge in [0, 0.05) is 17.9 Å². The molecule has 0 bridgehead atoms. The Labute approximate surface area is 207 Å². The van der Waals surface area contributed by atoms with Crippen LogP contribution in [0.25, 0.3) is 0 Å². The number of esters is 1. The third kappa shape index (κ3) is 2.82. The number of anilines is 1. The van der Waals surface area contributed by atoms with E-state index in [1.165, 1.54) is 35.4 Å². The quantitative estimate of drug-likeness (QED) is 0.621. The number of nitrogens with zero attached hydrogens (tertiary/aromatic N) is 1. The molecular formula is C28H27F2NO5. The van der Waals surface area contributed by atoms with Gasteiger partial charge in [0.2, 0.25) is 5.60 Å². The van der Waals surface area contributed by atoms with Crippen molar-refractivity contribution in [1.82, 2.24) is 0 Å². The molecular weight excluding hydrogens is 468 g/mol. The first kappa shape index (κ1) is 23.3. The highest BCUT2D eigenvalue weighted by atomic mass is 19.1. The highest BCUT2D eigenvalue weighted by Crippen LogP contribution is 2.61. The van der Waals surface area contributed by atoms with Crippen LogP contribution in [0, 0.1) is 28.9 Å². The number of ketones is 1. The van der Waals surface area contributed by atoms with E-state index in [0.29, 0.717) is 18.5 Å². The Hall–Kier alpha value is -3.10. The Morgan fingerprint density at radius 1 is 1.03 bits per heavy atom. The molecule has 6 rings (SSSR count). The number of rotatable bonds is 2. The van der Waals surface area contributed by atoms with Crippen LogP contribution >= 0.6 is 0 Å². The lowest BCUT2D eigenvalue weighted by Gasteiger charge is -2.43. The van der Waals surface area contributed by atoms with E-state index in [2.05, 4.69) is 0 Å². The predicted molar refractivity (Wildman–Crippen MR) is 125 cm³/mol. The van der Waals surface area contributed by atoms with E-state index >= 15 is 8.78 Å². The average molecular weight is 496 g/mol. The molecule has 36 heavy (non-hydrogen) atoms. The lowest BCUT2D eigenvalue weighted by Crippen LogP contribution is -2.57. The number of benzene rings is 2. The smallest absolute Gasteiger partial charge is 0.342 e. The van der Waals surface area contributed by atoms with Crippen molar-refractivity contribution in [3.05, 3.63) is 77.9 Å². The number of hydroxylamine groups is 1. The molecule has 188 valence electrons. The van der Waals surface area contributed by atoms with E-state index in [4.69, 9.17) is 9.57 Å². The molecule has 2 aliphatic carbocycles. The van der Waals surface area contributed by atoms with Gasteiger partial charge in [-0.15, -0.1) is 0 Å². The third-order valence-electron chi connectivity index (χ3n) is 8.99. The fourth-order valence-corrected chi connectivity index (χ4v) is 6.88. The minimum Gasteiger partial charge on any atom is -0.459 e. The number of fused-ring (bicyclic) bond motifs is 4. The van der Waals surface area contributed by atoms with Gasteiger partial charge in [0.15, 0.2) is 5.78 Å². The normalized spacial score (nSPS) is 39.3. The number of allylic oxidation sites excluding steroid dienone is 1. The van der Waals surface area contributed by atoms with Crippen LogP contribution in [-0.4, -0.2) is 34.2 Å². The van der Waals surface area contributed by atoms with Crippen LogP contribution in [0.5, 0.6) is 0 Å². The maximum atomic E-state index is 15.0. The number of ether oxygens (including phenoxy) is 1. The number of halogens is 2. The summed E-state index contributed by atoms with van der Waals surface area (Å²) in [4.78, 5) is 33.2. The molecule has 0 aromatic heterocycles. The molecule has 2 aliphatic heterocycles. The van der Waals surface area contributed by atoms with E-state index in [-0.39, 0.29) is 23.7 Å². The highest BCUT2D eigenvalue weighted by Gasteiger charge is 2.74. The van der Waals surface area contributed by atoms with Crippen LogP contribution < -0.4 is 5.06 Å². The van der Waals surface area contributed by atoms with Gasteiger partial charge in [0.05, 0.1) is 17.1 Å². The zero-order valence-electron chi connectivity index (χ0n) is 20.0. The maximum Gasteiger partial charge on any atom is 0.342 e. The molecule has 4 aliphatic rings. The molecule has 2 aromatic carbocycles. The summed E-state index contributed by atoms with van der Waals surface area (Å²) in [5.41, 5.74) is -4.12. The molecule has 2 aromatic rings. The van der Waals surface area contributed by atoms with Crippen molar-refractivity contribution in [2.24, 2.45) is 17.3 Å². The van der Waals surface area contributed by atoms with Crippen LogP contribution in [0.2, 0.25) is 0 Å². The van der Waals surface area contributed by atoms with Crippen molar-refractivity contribution in [2.75, 3.05) is 5.06 Å². The summed E-state index contributed by atoms with van der Waals surface area (Å²) in [6.45, 7) is 3.51. The number of para-hydroxylation sites is 1. The lowest BCUT2D eigenvalue weighted by atomic mass is 9.63. The fourth-order valence-electron chi connectivity index (χ4n) is 6.88. The standard InChI is InChI=1S/C28H27F2NO5/c1-16-11-12-18-24(26(2)22(32)13-14-28(16,26)34)35-25(33)27(18)15-21(23-19(29)9-6-10-20(23)30)31(36-27)17-7-4-3-5-8-17/h3-10,13-14,16,18,21,24,34H,11-12,15H2,1-2H3/t16-,18+,21-,24+,26-,27?,28+/m0/s1. The molecule has 7 atom stereocenters. The molecule has 2 heterocycles. The van der Waals surface area contributed by atoms with E-state index < -0.39 is 52.3 Å². The first-order chi connectivity index (χ1) is 17.1. The van der Waals surface area contributed by atoms with Crippen molar-refractivity contribution in [1.29, 1.82) is 0 Å². The highest BCUT2D eigenvalue weighted by molar-refractivity contribution is 6.00. The zero-order valence-corrected chi connectivity index (χ0v) is 20.0. The van der Waals surface area contributed by atoms with Crippen LogP contribution in [0.3, 0.4) is 0 Å². The second-order valence-electron chi connectivity index (χ2n) is 10.6. The minimum atomic E-state index is -1.57. The molecule has 1 unspecified atom stereocenters. The van der Waals surface area contributed by atoms with Crippen LogP contribution in [0.4, 0.5) is 14.5 Å². The average Bonchev–Trinajstić information content (AvgIpc) is 3.44. The summed E-state index contributed by atoms with van der Waals surface area (Å²) in [7, 11) is 0. The lowest BCUT2D eigenvalue weighted by molar-refractivity contribution is -0.169. The second kappa shape index (κ2) is 7.70. The Balaban J connectivity index is 1.49. The van der Waals surface area contributed by atoms with E-state index in [0.717, 1.165) is 0 Å². The first-order valence-corrected chi connectivity index (χ1v) is 12.3. The molecule has 1 N–H and O–H groups in total. The van der Waals surface area contributed by atoms with Gasteiger partial charge in [-0.05, 0) is 62.1 Å². The van der Waals surface area contributed by atoms with Gasteiger partial charge in [0.1, 0.15) is 23.3 Å². The molecule has 8 heteroatoms. The van der Waals surface area contributed by atoms with Crippen LogP contribution in [0.1, 0.15) is 44.7 Å². The van der Waals surface area contributed by atoms with Crippen molar-refractivity contribution in [3.8, 4) is 0 Å². The summed E-state index contributed by atoms with van der Waals surface area (Å²) in [6, 6.07) is 11.5. The van der Waals surface area contributed by atoms with Gasteiger partial charge in [-0.2, -0.15) is 0 Å². The third-order valence-corrected chi connectivity index (χ3v) is 8.99. The second-order valence-corrected chi connectivity index (χ2v) is 10.6. The summed E-state index contributed by atoms with van der Waals surface area (Å²) >= 11 is 0. The number of hydrogen-bond donors (Lipinski definition) is 1. The van der Waals surface area contributed by atoms with Gasteiger partial charge in [0.25, 0.3) is 0 Å². The zero-order chi connectivity index (χ0) is 25.5. The largest absolute Gasteiger partial charge is 0.459 e. The van der Waals surface area contributed by atoms with Gasteiger partial charge < -0.3 is 9.84 Å². The van der Waals surface area contributed by atoms with Crippen LogP contribution in [0.15, 0.2) is 60.7 Å². The van der Waals surface area contributed by atoms with E-state index in [9.17, 15) is 14.7 Å². The molecule has 3 fully saturated rings. The van der Waals surface area contributed by atoms with Gasteiger partial charge >= 0.3 is 5.97 Å². The Bertz CT molecular complexity index is 1260. The first-order valence-electron chi connectivity index (χ1n) is 12.3. The summed E-state index contributed by atoms with van der Waals surface area (Å²) in [5.74, 6) is -3.37. The van der Waals surface area contributed by atoms with Gasteiger partial charge in [-0.25, -0.2) is 18.6 Å². The molecule has 1 spiro atoms. The molecule has 0 amide bonds. The summed E-state index contributed by atoms with van der Waals surface area (Å²) < 4.78 is 36.0. The summed E-state index contributed by atoms with van der Waals surface area (Å²) in [6.07, 6.45) is 2.81. The number of carbonyl (C=O) groups excluding carboxylic acids is 2. The van der Waals surface area contributed by atoms with Gasteiger partial charge in [-0.1, -0.05) is 31.2 Å². The number of carbonyl (C=O) groups is 2. The van der Waals surface area contributed by atoms with Crippen molar-refractivity contribution in [2.45, 2.75) is 56.5 Å². The topological polar surface area (TPSA) is 76.1 Å². The van der Waals surface area contributed by atoms with Crippen molar-refractivity contribution < 1.29 is 33.1 Å². The number of hydrogen-bond acceptors (Lipinski definition) is 6. The fraction of sp³-hybridized carbons (Fsp3) is 0.429. The number of aliphatic hydroxyl groups is 1. The van der Waals surface area contributed by atoms with E-state index in [1.54, 1.807) is 37.3 Å².